The zero-order valence-electron chi connectivity index (χ0n) is 15.0. The van der Waals surface area contributed by atoms with Crippen molar-refractivity contribution in [2.24, 2.45) is 0 Å². The molecule has 1 aliphatic rings. The van der Waals surface area contributed by atoms with Crippen LogP contribution in [-0.4, -0.2) is 56.3 Å². The topological polar surface area (TPSA) is 66.9 Å². The molecule has 0 unspecified atom stereocenters. The summed E-state index contributed by atoms with van der Waals surface area (Å²) in [4.78, 5) is 14.2. The van der Waals surface area contributed by atoms with Crippen LogP contribution in [0.15, 0.2) is 53.4 Å². The number of hydrogen-bond donors (Lipinski definition) is 0. The summed E-state index contributed by atoms with van der Waals surface area (Å²) in [7, 11) is -3.58. The summed E-state index contributed by atoms with van der Waals surface area (Å²) in [5.41, 5.74) is 1.06. The van der Waals surface area contributed by atoms with Crippen molar-refractivity contribution in [1.29, 1.82) is 0 Å². The summed E-state index contributed by atoms with van der Waals surface area (Å²) in [5, 5.41) is 0.484. The molecule has 0 spiro atoms. The number of carbonyl (C=O) groups excluding carboxylic acids is 1. The van der Waals surface area contributed by atoms with E-state index in [0.29, 0.717) is 23.9 Å². The number of amides is 1. The molecule has 0 aromatic heterocycles. The predicted molar refractivity (Wildman–Crippen MR) is 103 cm³/mol. The van der Waals surface area contributed by atoms with Crippen LogP contribution in [0.4, 0.5) is 0 Å². The van der Waals surface area contributed by atoms with Gasteiger partial charge >= 0.3 is 0 Å². The molecule has 2 aromatic rings. The van der Waals surface area contributed by atoms with Crippen molar-refractivity contribution in [2.45, 2.75) is 11.8 Å². The van der Waals surface area contributed by atoms with Crippen LogP contribution < -0.4 is 4.74 Å². The molecule has 1 saturated heterocycles. The number of benzene rings is 2. The fourth-order valence-electron chi connectivity index (χ4n) is 2.87. The molecule has 0 atom stereocenters. The van der Waals surface area contributed by atoms with E-state index in [4.69, 9.17) is 16.3 Å². The Bertz CT molecular complexity index is 908. The maximum absolute atomic E-state index is 12.7. The molecule has 8 heteroatoms. The second kappa shape index (κ2) is 8.29. The number of nitrogens with zero attached hydrogens (tertiary/aromatic N) is 2. The third-order valence-corrected chi connectivity index (χ3v) is 6.56. The number of piperazine rings is 1. The van der Waals surface area contributed by atoms with Gasteiger partial charge in [0.1, 0.15) is 5.75 Å². The van der Waals surface area contributed by atoms with E-state index in [1.165, 1.54) is 16.4 Å². The minimum absolute atomic E-state index is 0.0621. The lowest BCUT2D eigenvalue weighted by Crippen LogP contribution is -2.51. The smallest absolute Gasteiger partial charge is 0.260 e. The monoisotopic (exact) mass is 408 g/mol. The maximum atomic E-state index is 12.7. The summed E-state index contributed by atoms with van der Waals surface area (Å²) in [5.74, 6) is 0.493. The van der Waals surface area contributed by atoms with Crippen LogP contribution in [0.5, 0.6) is 5.75 Å². The van der Waals surface area contributed by atoms with Crippen molar-refractivity contribution in [2.75, 3.05) is 32.8 Å². The molecule has 0 saturated carbocycles. The molecule has 0 aliphatic carbocycles. The number of sulfonamides is 1. The molecule has 3 rings (SSSR count). The quantitative estimate of drug-likeness (QED) is 0.762. The van der Waals surface area contributed by atoms with Gasteiger partial charge < -0.3 is 9.64 Å². The van der Waals surface area contributed by atoms with Crippen molar-refractivity contribution >= 4 is 27.5 Å². The Balaban J connectivity index is 1.55. The molecule has 2 aromatic carbocycles. The van der Waals surface area contributed by atoms with Gasteiger partial charge in [0, 0.05) is 31.2 Å². The largest absolute Gasteiger partial charge is 0.484 e. The van der Waals surface area contributed by atoms with Crippen LogP contribution in [0.2, 0.25) is 5.02 Å². The van der Waals surface area contributed by atoms with Gasteiger partial charge in [0.25, 0.3) is 5.91 Å². The van der Waals surface area contributed by atoms with Gasteiger partial charge in [-0.1, -0.05) is 23.7 Å². The molecule has 1 heterocycles. The first-order valence-corrected chi connectivity index (χ1v) is 10.4. The van der Waals surface area contributed by atoms with Crippen molar-refractivity contribution in [3.63, 3.8) is 0 Å². The Labute approximate surface area is 164 Å². The Morgan fingerprint density at radius 2 is 1.74 bits per heavy atom. The molecule has 0 bridgehead atoms. The highest BCUT2D eigenvalue weighted by molar-refractivity contribution is 7.89. The minimum atomic E-state index is -3.58. The zero-order chi connectivity index (χ0) is 19.4. The predicted octanol–water partition coefficient (Wildman–Crippen LogP) is 2.56. The summed E-state index contributed by atoms with van der Waals surface area (Å²) < 4.78 is 32.3. The van der Waals surface area contributed by atoms with Crippen LogP contribution in [0.25, 0.3) is 0 Å². The number of rotatable bonds is 5. The normalized spacial score (nSPS) is 15.6. The second-order valence-electron chi connectivity index (χ2n) is 6.34. The first-order valence-electron chi connectivity index (χ1n) is 8.59. The highest BCUT2D eigenvalue weighted by Gasteiger charge is 2.30. The van der Waals surface area contributed by atoms with Crippen LogP contribution in [0.1, 0.15) is 5.56 Å². The van der Waals surface area contributed by atoms with Crippen molar-refractivity contribution in [1.82, 2.24) is 9.21 Å². The molecule has 27 heavy (non-hydrogen) atoms. The van der Waals surface area contributed by atoms with Gasteiger partial charge in [0.2, 0.25) is 10.0 Å². The number of ether oxygens (including phenoxy) is 1. The third kappa shape index (κ3) is 4.80. The van der Waals surface area contributed by atoms with E-state index in [1.807, 2.05) is 25.1 Å². The van der Waals surface area contributed by atoms with Crippen molar-refractivity contribution < 1.29 is 17.9 Å². The fraction of sp³-hybridized carbons (Fsp3) is 0.316. The molecule has 0 N–H and O–H groups in total. The van der Waals surface area contributed by atoms with Gasteiger partial charge in [-0.25, -0.2) is 8.42 Å². The lowest BCUT2D eigenvalue weighted by Gasteiger charge is -2.34. The van der Waals surface area contributed by atoms with Gasteiger partial charge in [0.05, 0.1) is 4.90 Å². The van der Waals surface area contributed by atoms with E-state index in [-0.39, 0.29) is 30.5 Å². The van der Waals surface area contributed by atoms with Crippen molar-refractivity contribution in [3.05, 3.63) is 59.1 Å². The Morgan fingerprint density at radius 3 is 2.37 bits per heavy atom. The third-order valence-electron chi connectivity index (χ3n) is 4.39. The van der Waals surface area contributed by atoms with Crippen molar-refractivity contribution in [3.8, 4) is 5.75 Å². The molecular formula is C19H21ClN2O4S. The standard InChI is InChI=1S/C19H21ClN2O4S/c1-15-3-2-4-17(13-15)26-14-19(23)21-9-11-22(12-10-21)27(24,25)18-7-5-16(20)6-8-18/h2-8,13H,9-12,14H2,1H3. The molecule has 6 nitrogen and oxygen atoms in total. The van der Waals surface area contributed by atoms with Crippen LogP contribution in [-0.2, 0) is 14.8 Å². The zero-order valence-corrected chi connectivity index (χ0v) is 16.5. The van der Waals surface area contributed by atoms with E-state index >= 15 is 0 Å². The van der Waals surface area contributed by atoms with E-state index in [0.717, 1.165) is 5.56 Å². The molecule has 1 aliphatic heterocycles. The molecule has 1 amide bonds. The first kappa shape index (κ1) is 19.7. The maximum Gasteiger partial charge on any atom is 0.260 e. The Kier molecular flexibility index (Phi) is 6.04. The van der Waals surface area contributed by atoms with E-state index in [9.17, 15) is 13.2 Å². The van der Waals surface area contributed by atoms with Gasteiger partial charge in [-0.2, -0.15) is 4.31 Å². The van der Waals surface area contributed by atoms with Crippen LogP contribution >= 0.6 is 11.6 Å². The van der Waals surface area contributed by atoms with E-state index in [1.54, 1.807) is 23.1 Å². The first-order chi connectivity index (χ1) is 12.9. The number of halogens is 1. The Morgan fingerprint density at radius 1 is 1.07 bits per heavy atom. The molecule has 144 valence electrons. The highest BCUT2D eigenvalue weighted by atomic mass is 35.5. The van der Waals surface area contributed by atoms with Gasteiger partial charge in [-0.3, -0.25) is 4.79 Å². The molecule has 1 fully saturated rings. The summed E-state index contributed by atoms with van der Waals surface area (Å²) >= 11 is 5.82. The van der Waals surface area contributed by atoms with Crippen LogP contribution in [0, 0.1) is 6.92 Å². The number of carbonyl (C=O) groups is 1. The lowest BCUT2D eigenvalue weighted by atomic mass is 10.2. The Hall–Kier alpha value is -2.09. The number of aryl methyl sites for hydroxylation is 1. The second-order valence-corrected chi connectivity index (χ2v) is 8.72. The SMILES string of the molecule is Cc1cccc(OCC(=O)N2CCN(S(=O)(=O)c3ccc(Cl)cc3)CC2)c1. The summed E-state index contributed by atoms with van der Waals surface area (Å²) in [6.45, 7) is 3.07. The molecule has 0 radical (unpaired) electrons. The minimum Gasteiger partial charge on any atom is -0.484 e. The highest BCUT2D eigenvalue weighted by Crippen LogP contribution is 2.20. The van der Waals surface area contributed by atoms with Gasteiger partial charge in [-0.05, 0) is 48.9 Å². The fourth-order valence-corrected chi connectivity index (χ4v) is 4.42. The molecular weight excluding hydrogens is 388 g/mol. The average molecular weight is 409 g/mol. The van der Waals surface area contributed by atoms with E-state index in [2.05, 4.69) is 0 Å². The lowest BCUT2D eigenvalue weighted by molar-refractivity contribution is -0.134. The van der Waals surface area contributed by atoms with E-state index < -0.39 is 10.0 Å². The average Bonchev–Trinajstić information content (AvgIpc) is 2.66. The van der Waals surface area contributed by atoms with Gasteiger partial charge in [-0.15, -0.1) is 0 Å². The summed E-state index contributed by atoms with van der Waals surface area (Å²) in [6.07, 6.45) is 0. The van der Waals surface area contributed by atoms with Crippen LogP contribution in [0.3, 0.4) is 0 Å². The number of hydrogen-bond acceptors (Lipinski definition) is 4. The summed E-state index contributed by atoms with van der Waals surface area (Å²) in [6, 6.07) is 13.6. The van der Waals surface area contributed by atoms with Gasteiger partial charge in [0.15, 0.2) is 6.61 Å².